The number of hydroxylamine groups is 1. The first kappa shape index (κ1) is 23.9. The fourth-order valence-corrected chi connectivity index (χ4v) is 8.02. The van der Waals surface area contributed by atoms with Gasteiger partial charge in [-0.15, -0.1) is 0 Å². The standard InChI is InChI=1S/C26H38N2O6/c1-15(30)33-14-26-9-5-16(28-34-17-7-10-27-12-17)11-21(26)18(13-29)24(32)23-19-3-4-22(31)25(19,2)8-6-20(23)26/h11,17-21,23,27-29H,3-10,12-14H2,1-2H3. The Morgan fingerprint density at radius 3 is 2.74 bits per heavy atom. The van der Waals surface area contributed by atoms with E-state index < -0.39 is 16.7 Å². The van der Waals surface area contributed by atoms with E-state index in [0.717, 1.165) is 57.3 Å². The summed E-state index contributed by atoms with van der Waals surface area (Å²) in [5, 5.41) is 13.7. The lowest BCUT2D eigenvalue weighted by Crippen LogP contribution is -2.62. The van der Waals surface area contributed by atoms with E-state index in [4.69, 9.17) is 9.57 Å². The summed E-state index contributed by atoms with van der Waals surface area (Å²) >= 11 is 0. The summed E-state index contributed by atoms with van der Waals surface area (Å²) in [4.78, 5) is 44.5. The Kier molecular flexibility index (Phi) is 6.36. The van der Waals surface area contributed by atoms with E-state index in [2.05, 4.69) is 16.9 Å². The molecule has 0 bridgehead atoms. The number of fused-ring (bicyclic) bond motifs is 5. The van der Waals surface area contributed by atoms with Crippen molar-refractivity contribution in [2.45, 2.75) is 64.9 Å². The molecule has 5 aliphatic rings. The van der Waals surface area contributed by atoms with Crippen molar-refractivity contribution in [3.63, 3.8) is 0 Å². The number of rotatable bonds is 6. The first-order valence-electron chi connectivity index (χ1n) is 12.9. The largest absolute Gasteiger partial charge is 0.465 e. The summed E-state index contributed by atoms with van der Waals surface area (Å²) in [6.07, 6.45) is 7.41. The number of hydrogen-bond acceptors (Lipinski definition) is 8. The highest BCUT2D eigenvalue weighted by atomic mass is 16.7. The second-order valence-corrected chi connectivity index (χ2v) is 11.4. The van der Waals surface area contributed by atoms with Gasteiger partial charge in [-0.1, -0.05) is 13.0 Å². The number of aliphatic hydroxyl groups excluding tert-OH is 1. The van der Waals surface area contributed by atoms with Crippen molar-refractivity contribution in [2.24, 2.45) is 40.4 Å². The Balaban J connectivity index is 1.49. The van der Waals surface area contributed by atoms with Crippen LogP contribution in [0.3, 0.4) is 0 Å². The Morgan fingerprint density at radius 1 is 1.21 bits per heavy atom. The summed E-state index contributed by atoms with van der Waals surface area (Å²) in [7, 11) is 0. The molecule has 5 rings (SSSR count). The smallest absolute Gasteiger partial charge is 0.302 e. The molecule has 0 aromatic rings. The lowest BCUT2D eigenvalue weighted by molar-refractivity contribution is -0.177. The Bertz CT molecular complexity index is 883. The van der Waals surface area contributed by atoms with Crippen LogP contribution in [0.1, 0.15) is 58.8 Å². The summed E-state index contributed by atoms with van der Waals surface area (Å²) < 4.78 is 5.66. The van der Waals surface area contributed by atoms with E-state index in [1.807, 2.05) is 6.92 Å². The number of aliphatic hydroxyl groups is 1. The van der Waals surface area contributed by atoms with Crippen molar-refractivity contribution in [1.82, 2.24) is 10.8 Å². The monoisotopic (exact) mass is 474 g/mol. The van der Waals surface area contributed by atoms with E-state index in [-0.39, 0.29) is 60.5 Å². The Morgan fingerprint density at radius 2 is 2.03 bits per heavy atom. The van der Waals surface area contributed by atoms with Crippen molar-refractivity contribution >= 4 is 17.5 Å². The van der Waals surface area contributed by atoms with Crippen LogP contribution < -0.4 is 10.8 Å². The van der Waals surface area contributed by atoms with Crippen molar-refractivity contribution in [3.8, 4) is 0 Å². The zero-order valence-electron chi connectivity index (χ0n) is 20.3. The molecule has 1 heterocycles. The average Bonchev–Trinajstić information content (AvgIpc) is 3.44. The summed E-state index contributed by atoms with van der Waals surface area (Å²) in [6, 6.07) is 0. The third kappa shape index (κ3) is 3.73. The second kappa shape index (κ2) is 9.03. The highest BCUT2D eigenvalue weighted by Crippen LogP contribution is 2.65. The predicted octanol–water partition coefficient (Wildman–Crippen LogP) is 1.92. The molecule has 0 amide bonds. The second-order valence-electron chi connectivity index (χ2n) is 11.4. The van der Waals surface area contributed by atoms with E-state index in [1.54, 1.807) is 0 Å². The van der Waals surface area contributed by atoms with Gasteiger partial charge in [0, 0.05) is 48.3 Å². The molecule has 4 aliphatic carbocycles. The molecular formula is C26H38N2O6. The minimum atomic E-state index is -0.569. The number of esters is 1. The number of hydrogen-bond donors (Lipinski definition) is 3. The Hall–Kier alpha value is -1.77. The summed E-state index contributed by atoms with van der Waals surface area (Å²) in [5.41, 5.74) is 3.18. The maximum Gasteiger partial charge on any atom is 0.302 e. The highest BCUT2D eigenvalue weighted by Gasteiger charge is 2.66. The van der Waals surface area contributed by atoms with Gasteiger partial charge in [0.2, 0.25) is 0 Å². The van der Waals surface area contributed by atoms with Gasteiger partial charge in [0.1, 0.15) is 11.6 Å². The molecule has 3 saturated carbocycles. The highest BCUT2D eigenvalue weighted by molar-refractivity contribution is 5.91. The molecule has 0 radical (unpaired) electrons. The van der Waals surface area contributed by atoms with E-state index >= 15 is 0 Å². The topological polar surface area (TPSA) is 114 Å². The quantitative estimate of drug-likeness (QED) is 0.395. The third-order valence-electron chi connectivity index (χ3n) is 9.86. The van der Waals surface area contributed by atoms with Crippen molar-refractivity contribution in [2.75, 3.05) is 26.3 Å². The molecule has 0 aromatic carbocycles. The van der Waals surface area contributed by atoms with E-state index in [1.165, 1.54) is 6.92 Å². The lowest BCUT2D eigenvalue weighted by atomic mass is 9.43. The number of allylic oxidation sites excluding steroid dienone is 2. The van der Waals surface area contributed by atoms with Gasteiger partial charge in [-0.2, -0.15) is 0 Å². The molecule has 8 atom stereocenters. The van der Waals surface area contributed by atoms with Crippen LogP contribution in [0.4, 0.5) is 0 Å². The van der Waals surface area contributed by atoms with Crippen LogP contribution in [-0.4, -0.2) is 55.0 Å². The minimum Gasteiger partial charge on any atom is -0.465 e. The summed E-state index contributed by atoms with van der Waals surface area (Å²) in [6.45, 7) is 5.19. The number of ether oxygens (including phenoxy) is 1. The molecule has 1 aliphatic heterocycles. The molecule has 0 aromatic heterocycles. The minimum absolute atomic E-state index is 0.0113. The fraction of sp³-hybridized carbons (Fsp3) is 0.808. The van der Waals surface area contributed by atoms with E-state index in [0.29, 0.717) is 6.42 Å². The molecule has 8 unspecified atom stereocenters. The van der Waals surface area contributed by atoms with Gasteiger partial charge in [0.25, 0.3) is 0 Å². The zero-order valence-corrected chi connectivity index (χ0v) is 20.3. The first-order chi connectivity index (χ1) is 16.3. The predicted molar refractivity (Wildman–Crippen MR) is 123 cm³/mol. The molecule has 8 heteroatoms. The van der Waals surface area contributed by atoms with Crippen molar-refractivity contribution in [3.05, 3.63) is 11.8 Å². The van der Waals surface area contributed by atoms with Crippen LogP contribution in [0, 0.1) is 40.4 Å². The number of nitrogens with one attached hydrogen (secondary N) is 2. The van der Waals surface area contributed by atoms with Crippen LogP contribution in [0.25, 0.3) is 0 Å². The normalized spacial score (nSPS) is 43.6. The van der Waals surface area contributed by atoms with Crippen LogP contribution in [-0.2, 0) is 24.0 Å². The number of carbonyl (C=O) groups excluding carboxylic acids is 3. The van der Waals surface area contributed by atoms with Gasteiger partial charge >= 0.3 is 5.97 Å². The average molecular weight is 475 g/mol. The fourth-order valence-electron chi connectivity index (χ4n) is 8.02. The van der Waals surface area contributed by atoms with Gasteiger partial charge in [-0.05, 0) is 62.8 Å². The SMILES string of the molecule is CC(=O)OCC12CCC(NOC3CCNC3)=CC1C(CO)C(=O)C1C3CCC(=O)C3(C)CCC12. The maximum atomic E-state index is 13.9. The molecule has 8 nitrogen and oxygen atoms in total. The molecule has 0 spiro atoms. The van der Waals surface area contributed by atoms with Gasteiger partial charge in [0.15, 0.2) is 0 Å². The van der Waals surface area contributed by atoms with Crippen LogP contribution in [0.5, 0.6) is 0 Å². The van der Waals surface area contributed by atoms with Gasteiger partial charge in [-0.3, -0.25) is 24.7 Å². The van der Waals surface area contributed by atoms with Crippen LogP contribution in [0.2, 0.25) is 0 Å². The molecule has 3 N–H and O–H groups in total. The zero-order chi connectivity index (χ0) is 24.1. The first-order valence-corrected chi connectivity index (χ1v) is 12.9. The van der Waals surface area contributed by atoms with Crippen molar-refractivity contribution in [1.29, 1.82) is 0 Å². The molecule has 188 valence electrons. The third-order valence-corrected chi connectivity index (χ3v) is 9.86. The van der Waals surface area contributed by atoms with Crippen LogP contribution in [0.15, 0.2) is 11.8 Å². The maximum absolute atomic E-state index is 13.9. The van der Waals surface area contributed by atoms with E-state index in [9.17, 15) is 19.5 Å². The van der Waals surface area contributed by atoms with Gasteiger partial charge < -0.3 is 15.2 Å². The number of ketones is 2. The molecule has 34 heavy (non-hydrogen) atoms. The molecule has 4 fully saturated rings. The Labute approximate surface area is 201 Å². The molecular weight excluding hydrogens is 436 g/mol. The number of Topliss-reactive ketones (excluding diaryl/α,β-unsaturated/α-hetero) is 2. The lowest BCUT2D eigenvalue weighted by Gasteiger charge is -2.60. The molecule has 1 saturated heterocycles. The van der Waals surface area contributed by atoms with Gasteiger partial charge in [-0.25, -0.2) is 0 Å². The van der Waals surface area contributed by atoms with Gasteiger partial charge in [0.05, 0.1) is 19.3 Å². The van der Waals surface area contributed by atoms with Crippen LogP contribution >= 0.6 is 0 Å². The van der Waals surface area contributed by atoms with Crippen molar-refractivity contribution < 1.29 is 29.1 Å². The number of carbonyl (C=O) groups is 3. The summed E-state index contributed by atoms with van der Waals surface area (Å²) in [5.74, 6) is -1.00.